The van der Waals surface area contributed by atoms with Gasteiger partial charge in [-0.1, -0.05) is 39.0 Å². The van der Waals surface area contributed by atoms with Gasteiger partial charge in [0.25, 0.3) is 0 Å². The summed E-state index contributed by atoms with van der Waals surface area (Å²) in [5, 5.41) is 12.7. The minimum atomic E-state index is 0.148. The molecule has 0 amide bonds. The summed E-state index contributed by atoms with van der Waals surface area (Å²) in [6.45, 7) is 6.60. The highest BCUT2D eigenvalue weighted by atomic mass is 32.2. The first-order valence-corrected chi connectivity index (χ1v) is 8.13. The van der Waals surface area contributed by atoms with E-state index < -0.39 is 0 Å². The summed E-state index contributed by atoms with van der Waals surface area (Å²) in [5.74, 6) is 0. The van der Waals surface area contributed by atoms with E-state index in [0.717, 1.165) is 16.3 Å². The molecule has 0 bridgehead atoms. The molecule has 0 fully saturated rings. The minimum Gasteiger partial charge on any atom is -0.354 e. The Morgan fingerprint density at radius 1 is 1.05 bits per heavy atom. The Balaban J connectivity index is 2.29. The molecule has 0 aliphatic rings. The molecule has 0 saturated carbocycles. The van der Waals surface area contributed by atoms with E-state index in [1.807, 2.05) is 24.5 Å². The van der Waals surface area contributed by atoms with Gasteiger partial charge in [-0.05, 0) is 41.5 Å². The van der Waals surface area contributed by atoms with E-state index in [1.165, 1.54) is 5.56 Å². The van der Waals surface area contributed by atoms with Crippen molar-refractivity contribution in [1.29, 1.82) is 5.26 Å². The van der Waals surface area contributed by atoms with E-state index >= 15 is 0 Å². The molecule has 0 atom stereocenters. The maximum Gasteiger partial charge on any atom is 0.103 e. The number of nitrogens with zero attached hydrogens (tertiary/aromatic N) is 1. The summed E-state index contributed by atoms with van der Waals surface area (Å²) in [6, 6.07) is 16.6. The molecule has 21 heavy (non-hydrogen) atoms. The molecule has 0 radical (unpaired) electrons. The highest BCUT2D eigenvalue weighted by Gasteiger charge is 2.13. The molecule has 2 rings (SSSR count). The molecule has 2 nitrogen and oxygen atoms in total. The average molecular weight is 296 g/mol. The van der Waals surface area contributed by atoms with Gasteiger partial charge in [0.2, 0.25) is 0 Å². The van der Waals surface area contributed by atoms with Crippen molar-refractivity contribution in [3.8, 4) is 6.07 Å². The smallest absolute Gasteiger partial charge is 0.103 e. The maximum absolute atomic E-state index is 9.36. The molecule has 0 saturated heterocycles. The standard InChI is InChI=1S/C18H20N2S/c1-18(2,3)13-8-10-14(11-9-13)20-16-6-5-7-17(21-4)15(16)12-19/h5-11,20H,1-4H3. The SMILES string of the molecule is CSc1cccc(Nc2ccc(C(C)(C)C)cc2)c1C#N. The van der Waals surface area contributed by atoms with Gasteiger partial charge < -0.3 is 5.32 Å². The normalized spacial score (nSPS) is 11.0. The number of nitrogens with one attached hydrogen (secondary N) is 1. The quantitative estimate of drug-likeness (QED) is 0.778. The predicted molar refractivity (Wildman–Crippen MR) is 91.4 cm³/mol. The number of thioether (sulfide) groups is 1. The van der Waals surface area contributed by atoms with E-state index in [2.05, 4.69) is 56.4 Å². The molecule has 2 aromatic carbocycles. The Labute approximate surface area is 131 Å². The molecule has 108 valence electrons. The van der Waals surface area contributed by atoms with E-state index in [9.17, 15) is 5.26 Å². The van der Waals surface area contributed by atoms with Gasteiger partial charge in [0.05, 0.1) is 11.3 Å². The highest BCUT2D eigenvalue weighted by Crippen LogP contribution is 2.29. The van der Waals surface area contributed by atoms with Crippen LogP contribution in [0, 0.1) is 11.3 Å². The largest absolute Gasteiger partial charge is 0.354 e. The lowest BCUT2D eigenvalue weighted by Crippen LogP contribution is -2.10. The molecule has 0 aliphatic carbocycles. The van der Waals surface area contributed by atoms with Crippen LogP contribution in [0.4, 0.5) is 11.4 Å². The lowest BCUT2D eigenvalue weighted by atomic mass is 9.87. The van der Waals surface area contributed by atoms with Crippen LogP contribution in [0.1, 0.15) is 31.9 Å². The van der Waals surface area contributed by atoms with Crippen LogP contribution in [0.3, 0.4) is 0 Å². The van der Waals surface area contributed by atoms with Gasteiger partial charge in [0.1, 0.15) is 6.07 Å². The van der Waals surface area contributed by atoms with E-state index in [1.54, 1.807) is 11.8 Å². The fourth-order valence-electron chi connectivity index (χ4n) is 2.13. The van der Waals surface area contributed by atoms with Gasteiger partial charge in [0, 0.05) is 10.6 Å². The Morgan fingerprint density at radius 3 is 2.24 bits per heavy atom. The topological polar surface area (TPSA) is 35.8 Å². The Bertz CT molecular complexity index is 661. The molecule has 0 heterocycles. The first kappa shape index (κ1) is 15.5. The molecule has 0 unspecified atom stereocenters. The predicted octanol–water partition coefficient (Wildman–Crippen LogP) is 5.32. The molecule has 0 aliphatic heterocycles. The van der Waals surface area contributed by atoms with Crippen LogP contribution in [0.25, 0.3) is 0 Å². The van der Waals surface area contributed by atoms with E-state index in [-0.39, 0.29) is 5.41 Å². The van der Waals surface area contributed by atoms with Gasteiger partial charge in [-0.15, -0.1) is 11.8 Å². The Kier molecular flexibility index (Phi) is 4.59. The lowest BCUT2D eigenvalue weighted by Gasteiger charge is -2.19. The van der Waals surface area contributed by atoms with Crippen LogP contribution in [0.2, 0.25) is 0 Å². The summed E-state index contributed by atoms with van der Waals surface area (Å²) < 4.78 is 0. The monoisotopic (exact) mass is 296 g/mol. The number of hydrogen-bond acceptors (Lipinski definition) is 3. The van der Waals surface area contributed by atoms with Crippen molar-refractivity contribution >= 4 is 23.1 Å². The van der Waals surface area contributed by atoms with Crippen LogP contribution in [-0.4, -0.2) is 6.26 Å². The fraction of sp³-hybridized carbons (Fsp3) is 0.278. The first-order valence-electron chi connectivity index (χ1n) is 6.90. The van der Waals surface area contributed by atoms with E-state index in [0.29, 0.717) is 5.56 Å². The summed E-state index contributed by atoms with van der Waals surface area (Å²) in [7, 11) is 0. The fourth-order valence-corrected chi connectivity index (χ4v) is 2.70. The number of rotatable bonds is 3. The van der Waals surface area contributed by atoms with Crippen LogP contribution < -0.4 is 5.32 Å². The molecule has 0 spiro atoms. The van der Waals surface area contributed by atoms with Gasteiger partial charge >= 0.3 is 0 Å². The summed E-state index contributed by atoms with van der Waals surface area (Å²) in [5.41, 5.74) is 4.00. The summed E-state index contributed by atoms with van der Waals surface area (Å²) in [6.07, 6.45) is 1.98. The van der Waals surface area contributed by atoms with Crippen molar-refractivity contribution in [1.82, 2.24) is 0 Å². The average Bonchev–Trinajstić information content (AvgIpc) is 2.46. The van der Waals surface area contributed by atoms with Gasteiger partial charge in [-0.25, -0.2) is 0 Å². The highest BCUT2D eigenvalue weighted by molar-refractivity contribution is 7.98. The van der Waals surface area contributed by atoms with Crippen molar-refractivity contribution < 1.29 is 0 Å². The zero-order valence-corrected chi connectivity index (χ0v) is 13.7. The molecule has 2 aromatic rings. The van der Waals surface area contributed by atoms with Crippen molar-refractivity contribution in [2.24, 2.45) is 0 Å². The van der Waals surface area contributed by atoms with Crippen LogP contribution in [0.5, 0.6) is 0 Å². The zero-order valence-electron chi connectivity index (χ0n) is 12.9. The van der Waals surface area contributed by atoms with Gasteiger partial charge in [-0.2, -0.15) is 5.26 Å². The number of anilines is 2. The van der Waals surface area contributed by atoms with Crippen molar-refractivity contribution in [2.45, 2.75) is 31.1 Å². The summed E-state index contributed by atoms with van der Waals surface area (Å²) >= 11 is 1.59. The first-order chi connectivity index (χ1) is 9.95. The number of benzene rings is 2. The lowest BCUT2D eigenvalue weighted by molar-refractivity contribution is 0.590. The molecular formula is C18H20N2S. The maximum atomic E-state index is 9.36. The second-order valence-corrected chi connectivity index (χ2v) is 6.80. The third-order valence-corrected chi connectivity index (χ3v) is 4.17. The molecule has 0 aromatic heterocycles. The number of hydrogen-bond donors (Lipinski definition) is 1. The Hall–Kier alpha value is -1.92. The minimum absolute atomic E-state index is 0.148. The zero-order chi connectivity index (χ0) is 15.5. The number of nitriles is 1. The second kappa shape index (κ2) is 6.24. The third kappa shape index (κ3) is 3.59. The Morgan fingerprint density at radius 2 is 1.71 bits per heavy atom. The van der Waals surface area contributed by atoms with Gasteiger partial charge in [0.15, 0.2) is 0 Å². The van der Waals surface area contributed by atoms with Crippen molar-refractivity contribution in [3.05, 3.63) is 53.6 Å². The van der Waals surface area contributed by atoms with Crippen LogP contribution in [-0.2, 0) is 5.41 Å². The molecule has 1 N–H and O–H groups in total. The van der Waals surface area contributed by atoms with Crippen molar-refractivity contribution in [3.63, 3.8) is 0 Å². The van der Waals surface area contributed by atoms with E-state index in [4.69, 9.17) is 0 Å². The summed E-state index contributed by atoms with van der Waals surface area (Å²) in [4.78, 5) is 0.994. The second-order valence-electron chi connectivity index (χ2n) is 5.95. The molecule has 3 heteroatoms. The van der Waals surface area contributed by atoms with Crippen LogP contribution in [0.15, 0.2) is 47.4 Å². The van der Waals surface area contributed by atoms with Crippen LogP contribution >= 0.6 is 11.8 Å². The molecular weight excluding hydrogens is 276 g/mol. The van der Waals surface area contributed by atoms with Gasteiger partial charge in [-0.3, -0.25) is 0 Å². The van der Waals surface area contributed by atoms with Crippen molar-refractivity contribution in [2.75, 3.05) is 11.6 Å². The third-order valence-electron chi connectivity index (χ3n) is 3.39.